The van der Waals surface area contributed by atoms with Crippen LogP contribution in [-0.4, -0.2) is 10.5 Å². The molecule has 27 heavy (non-hydrogen) atoms. The molecule has 0 aliphatic rings. The molecule has 1 atom stereocenters. The molecule has 0 aliphatic heterocycles. The topological polar surface area (TPSA) is 34.0 Å². The Bertz CT molecular complexity index is 1070. The van der Waals surface area contributed by atoms with Gasteiger partial charge < -0.3 is 9.88 Å². The molecule has 1 N–H and O–H groups in total. The van der Waals surface area contributed by atoms with Crippen molar-refractivity contribution in [1.82, 2.24) is 9.88 Å². The molecule has 1 unspecified atom stereocenters. The van der Waals surface area contributed by atoms with Crippen LogP contribution in [0, 0.1) is 0 Å². The first-order valence-corrected chi connectivity index (χ1v) is 10.5. The fourth-order valence-electron chi connectivity index (χ4n) is 3.25. The number of hydrogen-bond acceptors (Lipinski definition) is 2. The average molecular weight is 439 g/mol. The smallest absolute Gasteiger partial charge is 0.268 e. The summed E-state index contributed by atoms with van der Waals surface area (Å²) in [5.74, 6) is -0.0578. The maximum absolute atomic E-state index is 13.1. The van der Waals surface area contributed by atoms with Gasteiger partial charge in [0, 0.05) is 11.9 Å². The Morgan fingerprint density at radius 1 is 1.11 bits per heavy atom. The van der Waals surface area contributed by atoms with Gasteiger partial charge in [-0.25, -0.2) is 0 Å². The highest BCUT2D eigenvalue weighted by molar-refractivity contribution is 9.10. The molecular weight excluding hydrogens is 420 g/mol. The molecule has 2 aromatic carbocycles. The molecule has 136 valence electrons. The average Bonchev–Trinajstić information content (AvgIpc) is 3.24. The maximum Gasteiger partial charge on any atom is 0.268 e. The Kier molecular flexibility index (Phi) is 5.14. The van der Waals surface area contributed by atoms with Gasteiger partial charge in [0.15, 0.2) is 0 Å². The Labute approximate surface area is 170 Å². The number of benzene rings is 2. The molecule has 3 nitrogen and oxygen atoms in total. The SMILES string of the molecule is CC(NC(=O)c1cc2scc(Br)c2n1Cc1ccccc1)c1ccccc1. The summed E-state index contributed by atoms with van der Waals surface area (Å²) >= 11 is 5.28. The predicted molar refractivity (Wildman–Crippen MR) is 115 cm³/mol. The lowest BCUT2D eigenvalue weighted by Crippen LogP contribution is -2.28. The zero-order valence-corrected chi connectivity index (χ0v) is 17.3. The van der Waals surface area contributed by atoms with E-state index >= 15 is 0 Å². The van der Waals surface area contributed by atoms with Crippen LogP contribution in [0.4, 0.5) is 0 Å². The molecular formula is C22H19BrN2OS. The Hall–Kier alpha value is -2.37. The minimum absolute atomic E-state index is 0.0553. The first kappa shape index (κ1) is 18.0. The van der Waals surface area contributed by atoms with Crippen molar-refractivity contribution in [2.45, 2.75) is 19.5 Å². The number of thiophene rings is 1. The zero-order valence-electron chi connectivity index (χ0n) is 14.9. The summed E-state index contributed by atoms with van der Waals surface area (Å²) in [6, 6.07) is 22.2. The highest BCUT2D eigenvalue weighted by Crippen LogP contribution is 2.34. The van der Waals surface area contributed by atoms with Gasteiger partial charge >= 0.3 is 0 Å². The standard InChI is InChI=1S/C22H19BrN2OS/c1-15(17-10-6-3-7-11-17)24-22(26)19-12-20-21(18(23)14-27-20)25(19)13-16-8-4-2-5-9-16/h2-12,14-15H,13H2,1H3,(H,24,26). The molecule has 2 aromatic heterocycles. The van der Waals surface area contributed by atoms with Crippen molar-refractivity contribution in [2.75, 3.05) is 0 Å². The van der Waals surface area contributed by atoms with Crippen LogP contribution in [0.5, 0.6) is 0 Å². The van der Waals surface area contributed by atoms with Crippen LogP contribution in [0.3, 0.4) is 0 Å². The quantitative estimate of drug-likeness (QED) is 0.406. The Morgan fingerprint density at radius 3 is 2.48 bits per heavy atom. The lowest BCUT2D eigenvalue weighted by Gasteiger charge is -2.16. The van der Waals surface area contributed by atoms with E-state index < -0.39 is 0 Å². The molecule has 0 aliphatic carbocycles. The van der Waals surface area contributed by atoms with E-state index in [1.807, 2.05) is 61.5 Å². The molecule has 0 radical (unpaired) electrons. The largest absolute Gasteiger partial charge is 0.344 e. The second-order valence-corrected chi connectivity index (χ2v) is 8.27. The van der Waals surface area contributed by atoms with Crippen molar-refractivity contribution in [3.8, 4) is 0 Å². The van der Waals surface area contributed by atoms with Gasteiger partial charge in [-0.15, -0.1) is 11.3 Å². The lowest BCUT2D eigenvalue weighted by atomic mass is 10.1. The molecule has 0 saturated heterocycles. The first-order valence-electron chi connectivity index (χ1n) is 8.79. The van der Waals surface area contributed by atoms with E-state index in [1.54, 1.807) is 11.3 Å². The van der Waals surface area contributed by atoms with Crippen LogP contribution in [0.1, 0.15) is 34.6 Å². The normalized spacial score (nSPS) is 12.2. The van der Waals surface area contributed by atoms with Crippen molar-refractivity contribution >= 4 is 43.4 Å². The highest BCUT2D eigenvalue weighted by Gasteiger charge is 2.20. The number of amides is 1. The van der Waals surface area contributed by atoms with Crippen molar-refractivity contribution < 1.29 is 4.79 Å². The predicted octanol–water partition coefficient (Wildman–Crippen LogP) is 6.00. The fraction of sp³-hybridized carbons (Fsp3) is 0.136. The number of aromatic nitrogens is 1. The van der Waals surface area contributed by atoms with Gasteiger partial charge in [-0.1, -0.05) is 60.7 Å². The minimum Gasteiger partial charge on any atom is -0.344 e. The first-order chi connectivity index (χ1) is 13.1. The summed E-state index contributed by atoms with van der Waals surface area (Å²) in [5, 5.41) is 5.21. The summed E-state index contributed by atoms with van der Waals surface area (Å²) in [6.07, 6.45) is 0. The number of hydrogen-bond donors (Lipinski definition) is 1. The van der Waals surface area contributed by atoms with Crippen molar-refractivity contribution in [2.24, 2.45) is 0 Å². The summed E-state index contributed by atoms with van der Waals surface area (Å²) in [4.78, 5) is 13.1. The molecule has 0 spiro atoms. The van der Waals surface area contributed by atoms with Gasteiger partial charge in [-0.2, -0.15) is 0 Å². The number of nitrogens with one attached hydrogen (secondary N) is 1. The number of nitrogens with zero attached hydrogens (tertiary/aromatic N) is 1. The summed E-state index contributed by atoms with van der Waals surface area (Å²) in [7, 11) is 0. The van der Waals surface area contributed by atoms with E-state index in [9.17, 15) is 4.79 Å². The van der Waals surface area contributed by atoms with E-state index in [0.29, 0.717) is 12.2 Å². The van der Waals surface area contributed by atoms with E-state index in [1.165, 1.54) is 5.56 Å². The number of carbonyl (C=O) groups is 1. The molecule has 5 heteroatoms. The van der Waals surface area contributed by atoms with E-state index in [0.717, 1.165) is 20.3 Å². The van der Waals surface area contributed by atoms with Crippen molar-refractivity contribution in [3.63, 3.8) is 0 Å². The number of fused-ring (bicyclic) bond motifs is 1. The summed E-state index contributed by atoms with van der Waals surface area (Å²) in [5.41, 5.74) is 4.01. The van der Waals surface area contributed by atoms with Gasteiger partial charge in [-0.3, -0.25) is 4.79 Å². The molecule has 1 amide bonds. The third-order valence-electron chi connectivity index (χ3n) is 4.64. The van der Waals surface area contributed by atoms with Crippen molar-refractivity contribution in [1.29, 1.82) is 0 Å². The van der Waals surface area contributed by atoms with Crippen LogP contribution >= 0.6 is 27.3 Å². The van der Waals surface area contributed by atoms with Crippen LogP contribution in [0.15, 0.2) is 76.6 Å². The molecule has 0 saturated carbocycles. The third kappa shape index (κ3) is 3.70. The van der Waals surface area contributed by atoms with Gasteiger partial charge in [0.05, 0.1) is 20.7 Å². The fourth-order valence-corrected chi connectivity index (χ4v) is 4.94. The van der Waals surface area contributed by atoms with E-state index in [-0.39, 0.29) is 11.9 Å². The monoisotopic (exact) mass is 438 g/mol. The molecule has 4 aromatic rings. The number of carbonyl (C=O) groups excluding carboxylic acids is 1. The van der Waals surface area contributed by atoms with Gasteiger partial charge in [0.2, 0.25) is 0 Å². The van der Waals surface area contributed by atoms with Gasteiger partial charge in [-0.05, 0) is 40.0 Å². The van der Waals surface area contributed by atoms with Crippen LogP contribution in [0.25, 0.3) is 10.2 Å². The highest BCUT2D eigenvalue weighted by atomic mass is 79.9. The summed E-state index contributed by atoms with van der Waals surface area (Å²) < 4.78 is 4.22. The zero-order chi connectivity index (χ0) is 18.8. The Morgan fingerprint density at radius 2 is 1.78 bits per heavy atom. The van der Waals surface area contributed by atoms with Gasteiger partial charge in [0.1, 0.15) is 5.69 Å². The van der Waals surface area contributed by atoms with Crippen molar-refractivity contribution in [3.05, 3.63) is 93.4 Å². The lowest BCUT2D eigenvalue weighted by molar-refractivity contribution is 0.0931. The molecule has 0 fully saturated rings. The van der Waals surface area contributed by atoms with E-state index in [4.69, 9.17) is 0 Å². The number of halogens is 1. The minimum atomic E-state index is -0.0578. The maximum atomic E-state index is 13.1. The number of rotatable bonds is 5. The Balaban J connectivity index is 1.68. The van der Waals surface area contributed by atoms with Crippen LogP contribution in [-0.2, 0) is 6.54 Å². The second-order valence-electron chi connectivity index (χ2n) is 6.50. The van der Waals surface area contributed by atoms with Gasteiger partial charge in [0.25, 0.3) is 5.91 Å². The van der Waals surface area contributed by atoms with E-state index in [2.05, 4.69) is 43.3 Å². The third-order valence-corrected chi connectivity index (χ3v) is 6.47. The second kappa shape index (κ2) is 7.71. The molecule has 0 bridgehead atoms. The van der Waals surface area contributed by atoms with Crippen LogP contribution in [0.2, 0.25) is 0 Å². The van der Waals surface area contributed by atoms with Crippen LogP contribution < -0.4 is 5.32 Å². The molecule has 2 heterocycles. The summed E-state index contributed by atoms with van der Waals surface area (Å²) in [6.45, 7) is 2.66. The molecule has 4 rings (SSSR count).